The number of piperidine rings is 1. The number of carboxylic acids is 1. The van der Waals surface area contributed by atoms with Crippen LogP contribution in [-0.4, -0.2) is 30.9 Å². The predicted molar refractivity (Wildman–Crippen MR) is 45.3 cm³/mol. The minimum absolute atomic E-state index is 0.0289. The van der Waals surface area contributed by atoms with E-state index in [1.54, 1.807) is 0 Å². The summed E-state index contributed by atoms with van der Waals surface area (Å²) in [4.78, 5) is 8.83. The highest BCUT2D eigenvalue weighted by atomic mass is 32.2. The molecule has 0 bridgehead atoms. The molecule has 0 aromatic carbocycles. The normalized spacial score (nSPS) is 29.9. The van der Waals surface area contributed by atoms with Crippen molar-refractivity contribution in [2.75, 3.05) is 6.54 Å². The molecule has 0 saturated carbocycles. The molecule has 4 N–H and O–H groups in total. The number of nitrogens with two attached hydrogens (primary N) is 1. The van der Waals surface area contributed by atoms with Gasteiger partial charge in [0.15, 0.2) is 0 Å². The Morgan fingerprint density at radius 3 is 2.31 bits per heavy atom. The molecule has 1 aliphatic heterocycles. The summed E-state index contributed by atoms with van der Waals surface area (Å²) in [5.41, 5.74) is 0. The molecule has 0 aromatic heterocycles. The van der Waals surface area contributed by atoms with Gasteiger partial charge in [-0.2, -0.15) is 0 Å². The first-order valence-electron chi connectivity index (χ1n) is 3.91. The zero-order valence-corrected chi connectivity index (χ0v) is 7.80. The Hall–Kier alpha value is -0.660. The number of hydrogen-bond donors (Lipinski definition) is 3. The van der Waals surface area contributed by atoms with Crippen LogP contribution in [0.5, 0.6) is 0 Å². The molecule has 1 heterocycles. The maximum atomic E-state index is 11.1. The van der Waals surface area contributed by atoms with Gasteiger partial charge < -0.3 is 5.11 Å². The van der Waals surface area contributed by atoms with Crippen LogP contribution in [-0.2, 0) is 14.8 Å². The van der Waals surface area contributed by atoms with Crippen LogP contribution in [0.3, 0.4) is 0 Å². The smallest absolute Gasteiger partial charge is 0.341 e. The van der Waals surface area contributed by atoms with Crippen LogP contribution in [0.4, 0.5) is 0 Å². The first-order chi connectivity index (χ1) is 5.90. The Balaban J connectivity index is 3.07. The van der Waals surface area contributed by atoms with E-state index < -0.39 is 20.9 Å². The van der Waals surface area contributed by atoms with Gasteiger partial charge in [-0.3, -0.25) is 5.32 Å². The first kappa shape index (κ1) is 10.4. The van der Waals surface area contributed by atoms with Crippen LogP contribution < -0.4 is 10.5 Å². The maximum absolute atomic E-state index is 11.1. The number of aliphatic carboxylic acids is 1. The Morgan fingerprint density at radius 2 is 2.08 bits per heavy atom. The van der Waals surface area contributed by atoms with Gasteiger partial charge in [0.25, 0.3) is 0 Å². The molecular weight excluding hydrogens is 196 g/mol. The lowest BCUT2D eigenvalue weighted by atomic mass is 10.0. The molecule has 0 spiro atoms. The fourth-order valence-corrected chi connectivity index (χ4v) is 2.40. The van der Waals surface area contributed by atoms with E-state index in [-0.39, 0.29) is 6.42 Å². The topological polar surface area (TPSA) is 109 Å². The van der Waals surface area contributed by atoms with E-state index in [9.17, 15) is 13.2 Å². The van der Waals surface area contributed by atoms with Gasteiger partial charge in [0, 0.05) is 0 Å². The van der Waals surface area contributed by atoms with Crippen molar-refractivity contribution in [3.8, 4) is 0 Å². The van der Waals surface area contributed by atoms with Crippen LogP contribution in [0, 0.1) is 0 Å². The summed E-state index contributed by atoms with van der Waals surface area (Å²) >= 11 is 0. The monoisotopic (exact) mass is 208 g/mol. The van der Waals surface area contributed by atoms with E-state index in [1.165, 1.54) is 0 Å². The van der Waals surface area contributed by atoms with Gasteiger partial charge in [-0.15, -0.1) is 0 Å². The third kappa shape index (κ3) is 1.67. The molecule has 6 nitrogen and oxygen atoms in total. The van der Waals surface area contributed by atoms with E-state index in [4.69, 9.17) is 10.2 Å². The molecular formula is C6H12N2O4S. The minimum Gasteiger partial charge on any atom is -0.479 e. The van der Waals surface area contributed by atoms with E-state index >= 15 is 0 Å². The molecule has 0 aromatic rings. The fraction of sp³-hybridized carbons (Fsp3) is 0.833. The van der Waals surface area contributed by atoms with Crippen molar-refractivity contribution in [3.63, 3.8) is 0 Å². The maximum Gasteiger partial charge on any atom is 0.341 e. The number of primary sulfonamides is 1. The van der Waals surface area contributed by atoms with Crippen molar-refractivity contribution in [3.05, 3.63) is 0 Å². The number of carboxylic acid groups (broad SMARTS) is 1. The lowest BCUT2D eigenvalue weighted by Crippen LogP contribution is -2.62. The highest BCUT2D eigenvalue weighted by Gasteiger charge is 2.49. The average Bonchev–Trinajstić information content (AvgIpc) is 2.03. The second kappa shape index (κ2) is 3.24. The van der Waals surface area contributed by atoms with Gasteiger partial charge in [0.05, 0.1) is 0 Å². The molecule has 1 saturated heterocycles. The van der Waals surface area contributed by atoms with E-state index in [0.717, 1.165) is 6.42 Å². The lowest BCUT2D eigenvalue weighted by Gasteiger charge is -2.31. The van der Waals surface area contributed by atoms with E-state index in [0.29, 0.717) is 13.0 Å². The average molecular weight is 208 g/mol. The Bertz CT molecular complexity index is 305. The Labute approximate surface area is 76.2 Å². The quantitative estimate of drug-likeness (QED) is 0.529. The highest BCUT2D eigenvalue weighted by molar-refractivity contribution is 7.91. The van der Waals surface area contributed by atoms with Gasteiger partial charge in [-0.25, -0.2) is 18.4 Å². The minimum atomic E-state index is -4.10. The van der Waals surface area contributed by atoms with Gasteiger partial charge in [0.2, 0.25) is 14.9 Å². The molecule has 0 radical (unpaired) electrons. The predicted octanol–water partition coefficient (Wildman–Crippen LogP) is -1.17. The van der Waals surface area contributed by atoms with Crippen molar-refractivity contribution in [1.82, 2.24) is 5.32 Å². The SMILES string of the molecule is NS(=O)(=O)C1(C(=O)O)CCCCN1. The summed E-state index contributed by atoms with van der Waals surface area (Å²) in [7, 11) is -4.10. The second-order valence-electron chi connectivity index (χ2n) is 3.06. The van der Waals surface area contributed by atoms with Crippen molar-refractivity contribution < 1.29 is 18.3 Å². The molecule has 76 valence electrons. The number of hydrogen-bond acceptors (Lipinski definition) is 4. The summed E-state index contributed by atoms with van der Waals surface area (Å²) in [6.45, 7) is 0.364. The zero-order valence-electron chi connectivity index (χ0n) is 6.99. The van der Waals surface area contributed by atoms with Crippen LogP contribution in [0.1, 0.15) is 19.3 Å². The van der Waals surface area contributed by atoms with Crippen LogP contribution in [0.2, 0.25) is 0 Å². The third-order valence-electron chi connectivity index (χ3n) is 2.20. The number of rotatable bonds is 2. The molecule has 1 aliphatic rings. The van der Waals surface area contributed by atoms with Gasteiger partial charge >= 0.3 is 5.97 Å². The molecule has 7 heteroatoms. The number of carbonyl (C=O) groups is 1. The third-order valence-corrected chi connectivity index (χ3v) is 3.69. The van der Waals surface area contributed by atoms with Crippen molar-refractivity contribution in [2.45, 2.75) is 24.1 Å². The summed E-state index contributed by atoms with van der Waals surface area (Å²) in [5, 5.41) is 16.1. The fourth-order valence-electron chi connectivity index (χ4n) is 1.42. The van der Waals surface area contributed by atoms with Crippen molar-refractivity contribution in [1.29, 1.82) is 0 Å². The summed E-state index contributed by atoms with van der Waals surface area (Å²) < 4.78 is 22.2. The molecule has 1 atom stereocenters. The number of sulfonamides is 1. The van der Waals surface area contributed by atoms with Crippen LogP contribution >= 0.6 is 0 Å². The number of nitrogens with one attached hydrogen (secondary N) is 1. The molecule has 1 rings (SSSR count). The van der Waals surface area contributed by atoms with Crippen LogP contribution in [0.25, 0.3) is 0 Å². The largest absolute Gasteiger partial charge is 0.479 e. The first-order valence-corrected chi connectivity index (χ1v) is 5.45. The molecule has 0 amide bonds. The second-order valence-corrected chi connectivity index (χ2v) is 4.85. The van der Waals surface area contributed by atoms with E-state index in [1.807, 2.05) is 0 Å². The molecule has 1 unspecified atom stereocenters. The molecule has 0 aliphatic carbocycles. The van der Waals surface area contributed by atoms with Gasteiger partial charge in [-0.05, 0) is 25.8 Å². The van der Waals surface area contributed by atoms with E-state index in [2.05, 4.69) is 5.32 Å². The molecule has 1 fully saturated rings. The zero-order chi connectivity index (χ0) is 10.1. The lowest BCUT2D eigenvalue weighted by molar-refractivity contribution is -0.141. The highest BCUT2D eigenvalue weighted by Crippen LogP contribution is 2.23. The standard InChI is InChI=1S/C6H12N2O4S/c7-13(11,12)6(5(9)10)3-1-2-4-8-6/h8H,1-4H2,(H,9,10)(H2,7,11,12). The van der Waals surface area contributed by atoms with Crippen molar-refractivity contribution in [2.24, 2.45) is 5.14 Å². The summed E-state index contributed by atoms with van der Waals surface area (Å²) in [6, 6.07) is 0. The summed E-state index contributed by atoms with van der Waals surface area (Å²) in [5.74, 6) is -1.42. The Kier molecular flexibility index (Phi) is 2.60. The van der Waals surface area contributed by atoms with Gasteiger partial charge in [0.1, 0.15) is 0 Å². The summed E-state index contributed by atoms with van der Waals surface area (Å²) in [6.07, 6.45) is 1.35. The van der Waals surface area contributed by atoms with Gasteiger partial charge in [-0.1, -0.05) is 0 Å². The Morgan fingerprint density at radius 1 is 1.46 bits per heavy atom. The van der Waals surface area contributed by atoms with Crippen molar-refractivity contribution >= 4 is 16.0 Å². The van der Waals surface area contributed by atoms with Crippen LogP contribution in [0.15, 0.2) is 0 Å². The molecule has 13 heavy (non-hydrogen) atoms.